The molecule has 2 aliphatic rings. The third kappa shape index (κ3) is 3.73. The maximum absolute atomic E-state index is 13.9. The van der Waals surface area contributed by atoms with Crippen LogP contribution in [0.4, 0.5) is 4.39 Å². The van der Waals surface area contributed by atoms with Gasteiger partial charge < -0.3 is 19.8 Å². The highest BCUT2D eigenvalue weighted by atomic mass is 19.1. The Balaban J connectivity index is 1.71. The van der Waals surface area contributed by atoms with Gasteiger partial charge in [-0.15, -0.1) is 0 Å². The fourth-order valence-electron chi connectivity index (χ4n) is 3.77. The van der Waals surface area contributed by atoms with E-state index in [9.17, 15) is 9.50 Å². The molecule has 0 aromatic heterocycles. The average molecular weight is 380 g/mol. The normalized spacial score (nSPS) is 18.8. The molecule has 0 aliphatic carbocycles. The van der Waals surface area contributed by atoms with Crippen LogP contribution >= 0.6 is 0 Å². The molecule has 2 heterocycles. The van der Waals surface area contributed by atoms with E-state index in [1.165, 1.54) is 11.6 Å². The Morgan fingerprint density at radius 2 is 1.96 bits per heavy atom. The minimum absolute atomic E-state index is 0.171. The zero-order chi connectivity index (χ0) is 19.5. The molecular weight excluding hydrogens is 355 g/mol. The summed E-state index contributed by atoms with van der Waals surface area (Å²) >= 11 is 0. The number of aliphatic imine (C=N–C) groups is 1. The van der Waals surface area contributed by atoms with Crippen LogP contribution in [-0.4, -0.2) is 52.5 Å². The van der Waals surface area contributed by atoms with Gasteiger partial charge in [0.25, 0.3) is 0 Å². The molecule has 0 amide bonds. The first-order chi connectivity index (χ1) is 13.7. The number of aliphatic hydroxyl groups is 1. The first kappa shape index (κ1) is 18.5. The molecule has 2 aliphatic heterocycles. The summed E-state index contributed by atoms with van der Waals surface area (Å²) in [6.07, 6.45) is 2.57. The van der Waals surface area contributed by atoms with E-state index in [4.69, 9.17) is 4.99 Å². The summed E-state index contributed by atoms with van der Waals surface area (Å²) < 4.78 is 13.9. The molecule has 2 aromatic carbocycles. The van der Waals surface area contributed by atoms with Gasteiger partial charge in [-0.3, -0.25) is 0 Å². The van der Waals surface area contributed by atoms with Crippen LogP contribution in [0.15, 0.2) is 71.5 Å². The molecule has 2 aromatic rings. The van der Waals surface area contributed by atoms with Crippen LogP contribution in [0.3, 0.4) is 0 Å². The Morgan fingerprint density at radius 3 is 2.71 bits per heavy atom. The van der Waals surface area contributed by atoms with E-state index in [0.29, 0.717) is 6.54 Å². The van der Waals surface area contributed by atoms with Crippen molar-refractivity contribution in [1.82, 2.24) is 14.7 Å². The van der Waals surface area contributed by atoms with E-state index in [2.05, 4.69) is 33.0 Å². The molecule has 0 saturated heterocycles. The smallest absolute Gasteiger partial charge is 0.152 e. The van der Waals surface area contributed by atoms with Crippen LogP contribution in [0, 0.1) is 5.82 Å². The Morgan fingerprint density at radius 1 is 1.14 bits per heavy atom. The molecule has 0 bridgehead atoms. The lowest BCUT2D eigenvalue weighted by atomic mass is 10.1. The van der Waals surface area contributed by atoms with E-state index in [0.717, 1.165) is 36.7 Å². The third-order valence-corrected chi connectivity index (χ3v) is 5.08. The van der Waals surface area contributed by atoms with Crippen LogP contribution in [0.25, 0.3) is 0 Å². The number of nitrogens with zero attached hydrogens (tertiary/aromatic N) is 4. The number of rotatable bonds is 6. The van der Waals surface area contributed by atoms with E-state index in [1.54, 1.807) is 12.1 Å². The lowest BCUT2D eigenvalue weighted by Crippen LogP contribution is -2.44. The molecule has 0 radical (unpaired) electrons. The largest absolute Gasteiger partial charge is 0.396 e. The second-order valence-corrected chi connectivity index (χ2v) is 7.24. The fourth-order valence-corrected chi connectivity index (χ4v) is 3.77. The number of likely N-dealkylation sites (N-methyl/N-ethyl adjacent to an activating group) is 1. The highest BCUT2D eigenvalue weighted by molar-refractivity contribution is 6.00. The monoisotopic (exact) mass is 380 g/mol. The van der Waals surface area contributed by atoms with Gasteiger partial charge in [0.1, 0.15) is 12.0 Å². The highest BCUT2D eigenvalue weighted by Gasteiger charge is 2.36. The molecule has 1 unspecified atom stereocenters. The van der Waals surface area contributed by atoms with Gasteiger partial charge >= 0.3 is 0 Å². The van der Waals surface area contributed by atoms with Crippen molar-refractivity contribution in [2.45, 2.75) is 19.1 Å². The number of amidine groups is 1. The van der Waals surface area contributed by atoms with Crippen molar-refractivity contribution in [2.24, 2.45) is 4.99 Å². The Hall–Kier alpha value is -2.86. The zero-order valence-corrected chi connectivity index (χ0v) is 16.0. The van der Waals surface area contributed by atoms with E-state index >= 15 is 0 Å². The average Bonchev–Trinajstić information content (AvgIpc) is 3.06. The molecule has 0 fully saturated rings. The summed E-state index contributed by atoms with van der Waals surface area (Å²) in [6.45, 7) is 2.35. The second kappa shape index (κ2) is 8.02. The van der Waals surface area contributed by atoms with Crippen LogP contribution in [-0.2, 0) is 6.54 Å². The summed E-state index contributed by atoms with van der Waals surface area (Å²) in [5.41, 5.74) is 3.05. The molecule has 4 rings (SSSR count). The fraction of sp³-hybridized carbons (Fsp3) is 0.318. The van der Waals surface area contributed by atoms with Gasteiger partial charge in [-0.05, 0) is 29.7 Å². The molecule has 5 nitrogen and oxygen atoms in total. The standard InChI is InChI=1S/C22H25FN4O/c1-25-16-26(11-6-12-28)15-20-22(25)24-21(18-9-5-10-19(23)13-18)27(20)14-17-7-3-2-4-8-17/h2-5,7-10,13,15,21,28H,6,11-12,14,16H2,1H3. The quantitative estimate of drug-likeness (QED) is 0.836. The topological polar surface area (TPSA) is 42.3 Å². The Kier molecular flexibility index (Phi) is 5.30. The SMILES string of the molecule is CN1CN(CCCO)C=C2C1=NC(c1cccc(F)c1)N2Cc1ccccc1. The van der Waals surface area contributed by atoms with Crippen LogP contribution in [0.2, 0.25) is 0 Å². The first-order valence-electron chi connectivity index (χ1n) is 9.58. The first-order valence-corrected chi connectivity index (χ1v) is 9.58. The summed E-state index contributed by atoms with van der Waals surface area (Å²) in [5, 5.41) is 9.18. The van der Waals surface area contributed by atoms with Crippen molar-refractivity contribution in [1.29, 1.82) is 0 Å². The lowest BCUT2D eigenvalue weighted by molar-refractivity contribution is 0.212. The number of aliphatic hydroxyl groups excluding tert-OH is 1. The maximum atomic E-state index is 13.9. The highest BCUT2D eigenvalue weighted by Crippen LogP contribution is 2.37. The van der Waals surface area contributed by atoms with Crippen molar-refractivity contribution < 1.29 is 9.50 Å². The summed E-state index contributed by atoms with van der Waals surface area (Å²) in [4.78, 5) is 11.5. The van der Waals surface area contributed by atoms with Crippen LogP contribution in [0.5, 0.6) is 0 Å². The van der Waals surface area contributed by atoms with Gasteiger partial charge in [0.05, 0.1) is 12.4 Å². The lowest BCUT2D eigenvalue weighted by Gasteiger charge is -2.36. The number of benzene rings is 2. The predicted octanol–water partition coefficient (Wildman–Crippen LogP) is 3.17. The van der Waals surface area contributed by atoms with Gasteiger partial charge in [0, 0.05) is 32.9 Å². The van der Waals surface area contributed by atoms with Crippen LogP contribution in [0.1, 0.15) is 23.7 Å². The van der Waals surface area contributed by atoms with Crippen molar-refractivity contribution >= 4 is 5.84 Å². The maximum Gasteiger partial charge on any atom is 0.152 e. The van der Waals surface area contributed by atoms with Gasteiger partial charge in [-0.2, -0.15) is 0 Å². The van der Waals surface area contributed by atoms with Crippen LogP contribution < -0.4 is 0 Å². The minimum Gasteiger partial charge on any atom is -0.396 e. The van der Waals surface area contributed by atoms with E-state index in [1.807, 2.05) is 31.3 Å². The van der Waals surface area contributed by atoms with Crippen molar-refractivity contribution in [2.75, 3.05) is 26.9 Å². The minimum atomic E-state index is -0.266. The molecule has 0 saturated carbocycles. The number of fused-ring (bicyclic) bond motifs is 1. The molecular formula is C22H25FN4O. The predicted molar refractivity (Wildman–Crippen MR) is 108 cm³/mol. The number of halogens is 1. The third-order valence-electron chi connectivity index (χ3n) is 5.08. The van der Waals surface area contributed by atoms with Gasteiger partial charge in [-0.25, -0.2) is 9.38 Å². The zero-order valence-electron chi connectivity index (χ0n) is 16.0. The Bertz CT molecular complexity index is 883. The van der Waals surface area contributed by atoms with Crippen molar-refractivity contribution in [3.63, 3.8) is 0 Å². The van der Waals surface area contributed by atoms with Gasteiger partial charge in [0.2, 0.25) is 0 Å². The van der Waals surface area contributed by atoms with E-state index in [-0.39, 0.29) is 18.6 Å². The molecule has 28 heavy (non-hydrogen) atoms. The molecule has 1 atom stereocenters. The molecule has 1 N–H and O–H groups in total. The van der Waals surface area contributed by atoms with Gasteiger partial charge in [-0.1, -0.05) is 42.5 Å². The molecule has 6 heteroatoms. The number of hydrogen-bond donors (Lipinski definition) is 1. The summed E-state index contributed by atoms with van der Waals surface area (Å²) in [7, 11) is 2.02. The number of hydrogen-bond acceptors (Lipinski definition) is 5. The van der Waals surface area contributed by atoms with Crippen molar-refractivity contribution in [3.8, 4) is 0 Å². The summed E-state index contributed by atoms with van der Waals surface area (Å²) in [6, 6.07) is 16.9. The Labute approximate surface area is 165 Å². The summed E-state index contributed by atoms with van der Waals surface area (Å²) in [5.74, 6) is 0.671. The second-order valence-electron chi connectivity index (χ2n) is 7.24. The van der Waals surface area contributed by atoms with Gasteiger partial charge in [0.15, 0.2) is 5.84 Å². The van der Waals surface area contributed by atoms with Crippen molar-refractivity contribution in [3.05, 3.63) is 83.4 Å². The molecule has 0 spiro atoms. The molecule has 146 valence electrons. The van der Waals surface area contributed by atoms with E-state index < -0.39 is 0 Å².